The van der Waals surface area contributed by atoms with Crippen molar-refractivity contribution in [2.45, 2.75) is 30.9 Å². The van der Waals surface area contributed by atoms with Gasteiger partial charge in [-0.15, -0.1) is 0 Å². The quantitative estimate of drug-likeness (QED) is 0.414. The Hall–Kier alpha value is -2.52. The smallest absolute Gasteiger partial charge is 0.232 e. The van der Waals surface area contributed by atoms with Gasteiger partial charge in [0.1, 0.15) is 11.5 Å². The van der Waals surface area contributed by atoms with E-state index in [2.05, 4.69) is 15.0 Å². The minimum atomic E-state index is -0.569. The highest BCUT2D eigenvalue weighted by molar-refractivity contribution is 8.15. The summed E-state index contributed by atoms with van der Waals surface area (Å²) in [5.41, 5.74) is 6.89. The number of nitrogens with two attached hydrogens (primary N) is 1. The summed E-state index contributed by atoms with van der Waals surface area (Å²) in [4.78, 5) is 12.2. The second-order valence-corrected chi connectivity index (χ2v) is 9.67. The van der Waals surface area contributed by atoms with Crippen molar-refractivity contribution in [3.8, 4) is 5.88 Å². The van der Waals surface area contributed by atoms with Crippen LogP contribution in [0.15, 0.2) is 35.6 Å². The van der Waals surface area contributed by atoms with Gasteiger partial charge >= 0.3 is 0 Å². The van der Waals surface area contributed by atoms with Crippen LogP contribution in [0.25, 0.3) is 11.9 Å². The fourth-order valence-corrected chi connectivity index (χ4v) is 4.17. The fraction of sp³-hybridized carbons (Fsp3) is 0.435. The number of halogens is 2. The Morgan fingerprint density at radius 3 is 2.75 bits per heavy atom. The third kappa shape index (κ3) is 7.00. The molecule has 0 aliphatic heterocycles. The molecule has 1 aromatic carbocycles. The van der Waals surface area contributed by atoms with Crippen molar-refractivity contribution < 1.29 is 18.3 Å². The maximum absolute atomic E-state index is 14.8. The minimum absolute atomic E-state index is 0.0846. The molecule has 3 rings (SSSR count). The van der Waals surface area contributed by atoms with Gasteiger partial charge in [-0.2, -0.15) is 0 Å². The molecular weight excluding hydrogens is 434 g/mol. The van der Waals surface area contributed by atoms with E-state index in [0.29, 0.717) is 47.7 Å². The first kappa shape index (κ1) is 24.1. The van der Waals surface area contributed by atoms with Gasteiger partial charge in [0, 0.05) is 18.9 Å². The molecule has 0 radical (unpaired) electrons. The second-order valence-electron chi connectivity index (χ2n) is 8.06. The number of nitrogens with zero attached hydrogens (tertiary/aromatic N) is 3. The van der Waals surface area contributed by atoms with Crippen LogP contribution in [0, 0.1) is 11.7 Å². The zero-order chi connectivity index (χ0) is 23.1. The van der Waals surface area contributed by atoms with Gasteiger partial charge in [-0.25, -0.2) is 18.7 Å². The highest BCUT2D eigenvalue weighted by Crippen LogP contribution is 2.32. The molecule has 32 heavy (non-hydrogen) atoms. The molecule has 0 amide bonds. The Kier molecular flexibility index (Phi) is 8.20. The molecule has 6 nitrogen and oxygen atoms in total. The molecule has 172 valence electrons. The number of benzene rings is 1. The summed E-state index contributed by atoms with van der Waals surface area (Å²) in [6, 6.07) is 4.45. The lowest BCUT2D eigenvalue weighted by Gasteiger charge is -2.28. The lowest BCUT2D eigenvalue weighted by atomic mass is 9.98. The standard InChI is InChI=1S/C23H28F2N4O2S/c1-23(14-30-3,32-22(26)27-2)10-17-8-16(6-7-18(17)24)9-19(25)20-11-29-21(12-28-20)31-13-15-4-5-15/h6-9,11-12,15H,4-5,10,13-14H2,1-3H3,(H2,26,27)/b19-9-/t23-/m1/s1. The summed E-state index contributed by atoms with van der Waals surface area (Å²) in [7, 11) is 3.17. The van der Waals surface area contributed by atoms with E-state index < -0.39 is 10.6 Å². The summed E-state index contributed by atoms with van der Waals surface area (Å²) >= 11 is 1.32. The van der Waals surface area contributed by atoms with E-state index in [1.54, 1.807) is 20.2 Å². The minimum Gasteiger partial charge on any atom is -0.476 e. The molecule has 1 aliphatic rings. The number of amidine groups is 1. The number of aromatic nitrogens is 2. The van der Waals surface area contributed by atoms with Gasteiger partial charge in [0.25, 0.3) is 0 Å². The van der Waals surface area contributed by atoms with E-state index in [4.69, 9.17) is 15.2 Å². The highest BCUT2D eigenvalue weighted by atomic mass is 32.2. The number of hydrogen-bond acceptors (Lipinski definition) is 6. The van der Waals surface area contributed by atoms with Crippen molar-refractivity contribution in [1.82, 2.24) is 9.97 Å². The number of methoxy groups -OCH3 is 1. The van der Waals surface area contributed by atoms with E-state index in [1.165, 1.54) is 55.2 Å². The normalized spacial score (nSPS) is 16.7. The van der Waals surface area contributed by atoms with Crippen molar-refractivity contribution in [1.29, 1.82) is 0 Å². The van der Waals surface area contributed by atoms with Crippen LogP contribution in [0.5, 0.6) is 5.88 Å². The van der Waals surface area contributed by atoms with E-state index in [-0.39, 0.29) is 11.5 Å². The summed E-state index contributed by atoms with van der Waals surface area (Å²) < 4.78 is 39.6. The van der Waals surface area contributed by atoms with Crippen LogP contribution in [0.1, 0.15) is 36.6 Å². The molecule has 1 saturated carbocycles. The van der Waals surface area contributed by atoms with Gasteiger partial charge in [0.2, 0.25) is 5.88 Å². The Morgan fingerprint density at radius 1 is 1.34 bits per heavy atom. The maximum Gasteiger partial charge on any atom is 0.232 e. The molecule has 2 aromatic rings. The zero-order valence-electron chi connectivity index (χ0n) is 18.5. The van der Waals surface area contributed by atoms with Crippen LogP contribution in [0.3, 0.4) is 0 Å². The van der Waals surface area contributed by atoms with Crippen molar-refractivity contribution >= 4 is 28.8 Å². The number of rotatable bonds is 10. The monoisotopic (exact) mass is 462 g/mol. The Morgan fingerprint density at radius 2 is 2.12 bits per heavy atom. The zero-order valence-corrected chi connectivity index (χ0v) is 19.3. The third-order valence-corrected chi connectivity index (χ3v) is 6.13. The van der Waals surface area contributed by atoms with Crippen LogP contribution in [-0.4, -0.2) is 47.3 Å². The summed E-state index contributed by atoms with van der Waals surface area (Å²) in [6.45, 7) is 2.87. The number of thioether (sulfide) groups is 1. The van der Waals surface area contributed by atoms with Crippen LogP contribution in [0.2, 0.25) is 0 Å². The van der Waals surface area contributed by atoms with Gasteiger partial charge < -0.3 is 15.2 Å². The molecule has 0 bridgehead atoms. The molecular formula is C23H28F2N4O2S. The van der Waals surface area contributed by atoms with Crippen molar-refractivity contribution in [2.24, 2.45) is 16.6 Å². The van der Waals surface area contributed by atoms with E-state index >= 15 is 0 Å². The molecule has 9 heteroatoms. The van der Waals surface area contributed by atoms with Crippen molar-refractivity contribution in [3.05, 3.63) is 53.2 Å². The van der Waals surface area contributed by atoms with Crippen LogP contribution in [0.4, 0.5) is 8.78 Å². The number of aliphatic imine (C=N–C) groups is 1. The first-order valence-corrected chi connectivity index (χ1v) is 11.1. The lowest BCUT2D eigenvalue weighted by molar-refractivity contribution is 0.173. The molecule has 1 heterocycles. The Bertz CT molecular complexity index is 980. The predicted molar refractivity (Wildman–Crippen MR) is 125 cm³/mol. The molecule has 0 spiro atoms. The molecule has 2 N–H and O–H groups in total. The predicted octanol–water partition coefficient (Wildman–Crippen LogP) is 4.50. The first-order valence-electron chi connectivity index (χ1n) is 10.3. The maximum atomic E-state index is 14.8. The van der Waals surface area contributed by atoms with E-state index in [0.717, 1.165) is 0 Å². The topological polar surface area (TPSA) is 82.6 Å². The fourth-order valence-electron chi connectivity index (χ4n) is 3.16. The summed E-state index contributed by atoms with van der Waals surface area (Å²) in [6.07, 6.45) is 6.72. The molecule has 1 fully saturated rings. The summed E-state index contributed by atoms with van der Waals surface area (Å²) in [5.74, 6) is 0.0209. The van der Waals surface area contributed by atoms with E-state index in [9.17, 15) is 8.78 Å². The van der Waals surface area contributed by atoms with Crippen LogP contribution >= 0.6 is 11.8 Å². The second kappa shape index (κ2) is 10.9. The van der Waals surface area contributed by atoms with Crippen molar-refractivity contribution in [2.75, 3.05) is 27.4 Å². The van der Waals surface area contributed by atoms with Crippen molar-refractivity contribution in [3.63, 3.8) is 0 Å². The molecule has 1 atom stereocenters. The number of ether oxygens (including phenoxy) is 2. The molecule has 1 aliphatic carbocycles. The van der Waals surface area contributed by atoms with Crippen LogP contribution < -0.4 is 10.5 Å². The molecule has 1 aromatic heterocycles. The lowest BCUT2D eigenvalue weighted by Crippen LogP contribution is -2.33. The Balaban J connectivity index is 1.75. The molecule has 0 saturated heterocycles. The number of hydrogen-bond donors (Lipinski definition) is 1. The first-order chi connectivity index (χ1) is 15.3. The van der Waals surface area contributed by atoms with Crippen LogP contribution in [-0.2, 0) is 11.2 Å². The van der Waals surface area contributed by atoms with Gasteiger partial charge in [-0.3, -0.25) is 4.99 Å². The summed E-state index contributed by atoms with van der Waals surface area (Å²) in [5, 5.41) is 0.384. The average Bonchev–Trinajstić information content (AvgIpc) is 3.59. The largest absolute Gasteiger partial charge is 0.476 e. The SMILES string of the molecule is CN=C(N)S[C@@](C)(COC)Cc1cc(/C=C(\F)c2cnc(OCC3CC3)cn2)ccc1F. The Labute approximate surface area is 191 Å². The average molecular weight is 463 g/mol. The van der Waals surface area contributed by atoms with Gasteiger partial charge in [-0.05, 0) is 61.4 Å². The van der Waals surface area contributed by atoms with Gasteiger partial charge in [0.05, 0.1) is 25.6 Å². The highest BCUT2D eigenvalue weighted by Gasteiger charge is 2.28. The van der Waals surface area contributed by atoms with E-state index in [1.807, 2.05) is 6.92 Å². The molecule has 0 unspecified atom stereocenters. The van der Waals surface area contributed by atoms with Gasteiger partial charge in [0.15, 0.2) is 11.0 Å². The van der Waals surface area contributed by atoms with Gasteiger partial charge in [-0.1, -0.05) is 17.8 Å². The third-order valence-electron chi connectivity index (χ3n) is 4.99.